The first-order chi connectivity index (χ1) is 35.1. The van der Waals surface area contributed by atoms with Crippen molar-refractivity contribution >= 4 is 31.5 Å². The van der Waals surface area contributed by atoms with Crippen molar-refractivity contribution in [2.75, 3.05) is 0 Å². The number of aryl methyl sites for hydroxylation is 4. The number of fused-ring (bicyclic) bond motifs is 3. The Balaban J connectivity index is 0.810. The van der Waals surface area contributed by atoms with Gasteiger partial charge in [-0.05, 0) is 141 Å². The van der Waals surface area contributed by atoms with E-state index in [0.29, 0.717) is 0 Å². The number of aromatic nitrogens is 3. The Morgan fingerprint density at radius 2 is 0.690 bits per heavy atom. The smallest absolute Gasteiger partial charge is 0.0708 e. The van der Waals surface area contributed by atoms with Crippen molar-refractivity contribution in [3.8, 4) is 78.3 Å². The molecule has 8 aromatic carbocycles. The molecule has 338 valence electrons. The van der Waals surface area contributed by atoms with Crippen molar-refractivity contribution in [2.45, 2.75) is 25.7 Å². The van der Waals surface area contributed by atoms with Crippen LogP contribution in [-0.2, 0) is 25.7 Å². The van der Waals surface area contributed by atoms with Gasteiger partial charge in [-0.25, -0.2) is 0 Å². The molecule has 4 heteroatoms. The van der Waals surface area contributed by atoms with Crippen molar-refractivity contribution in [3.63, 3.8) is 0 Å². The molecular weight excluding hydrogens is 879 g/mol. The summed E-state index contributed by atoms with van der Waals surface area (Å²) >= 11 is 1.86. The lowest BCUT2D eigenvalue weighted by molar-refractivity contribution is 0.931. The van der Waals surface area contributed by atoms with Crippen LogP contribution in [0.1, 0.15) is 22.3 Å². The minimum absolute atomic E-state index is 0.943. The van der Waals surface area contributed by atoms with Crippen LogP contribution < -0.4 is 0 Å². The summed E-state index contributed by atoms with van der Waals surface area (Å²) in [4.78, 5) is 14.0. The van der Waals surface area contributed by atoms with Crippen LogP contribution in [0.5, 0.6) is 0 Å². The average Bonchev–Trinajstić information content (AvgIpc) is 3.82. The molecule has 0 aliphatic carbocycles. The van der Waals surface area contributed by atoms with E-state index in [9.17, 15) is 0 Å². The molecule has 0 aliphatic rings. The summed E-state index contributed by atoms with van der Waals surface area (Å²) in [5.74, 6) is 0. The van der Waals surface area contributed by atoms with Crippen LogP contribution in [0.25, 0.3) is 98.5 Å². The van der Waals surface area contributed by atoms with Crippen LogP contribution in [0, 0.1) is 0 Å². The van der Waals surface area contributed by atoms with Crippen LogP contribution >= 0.6 is 11.3 Å². The monoisotopic (exact) mass is 927 g/mol. The van der Waals surface area contributed by atoms with E-state index in [2.05, 4.69) is 216 Å². The molecule has 0 aliphatic heterocycles. The maximum atomic E-state index is 4.87. The Kier molecular flexibility index (Phi) is 12.2. The van der Waals surface area contributed by atoms with Crippen molar-refractivity contribution < 1.29 is 0 Å². The van der Waals surface area contributed by atoms with Crippen molar-refractivity contribution in [3.05, 3.63) is 271 Å². The van der Waals surface area contributed by atoms with E-state index in [-0.39, 0.29) is 0 Å². The van der Waals surface area contributed by atoms with E-state index >= 15 is 0 Å². The number of pyridine rings is 3. The van der Waals surface area contributed by atoms with Gasteiger partial charge in [0.15, 0.2) is 0 Å². The van der Waals surface area contributed by atoms with Crippen LogP contribution in [0.2, 0.25) is 0 Å². The van der Waals surface area contributed by atoms with Crippen LogP contribution in [0.15, 0.2) is 249 Å². The highest BCUT2D eigenvalue weighted by molar-refractivity contribution is 7.25. The van der Waals surface area contributed by atoms with Crippen molar-refractivity contribution in [1.82, 2.24) is 15.0 Å². The molecule has 0 unspecified atom stereocenters. The second-order valence-corrected chi connectivity index (χ2v) is 19.4. The lowest BCUT2D eigenvalue weighted by Crippen LogP contribution is -1.98. The second-order valence-electron chi connectivity index (χ2n) is 18.3. The molecule has 0 radical (unpaired) electrons. The van der Waals surface area contributed by atoms with E-state index < -0.39 is 0 Å². The zero-order chi connectivity index (χ0) is 47.3. The maximum absolute atomic E-state index is 4.87. The van der Waals surface area contributed by atoms with Gasteiger partial charge in [0.1, 0.15) is 0 Å². The van der Waals surface area contributed by atoms with Crippen LogP contribution in [0.3, 0.4) is 0 Å². The highest BCUT2D eigenvalue weighted by atomic mass is 32.1. The molecular formula is C67H49N3S. The summed E-state index contributed by atoms with van der Waals surface area (Å²) in [5, 5.41) is 2.60. The fraction of sp³-hybridized carbons (Fsp3) is 0.0597. The zero-order valence-electron chi connectivity index (χ0n) is 39.2. The molecule has 0 N–H and O–H groups in total. The molecule has 4 heterocycles. The molecule has 0 fully saturated rings. The normalized spacial score (nSPS) is 11.3. The van der Waals surface area contributed by atoms with E-state index in [4.69, 9.17) is 4.98 Å². The van der Waals surface area contributed by atoms with Gasteiger partial charge in [-0.3, -0.25) is 15.0 Å². The van der Waals surface area contributed by atoms with Gasteiger partial charge in [0, 0.05) is 55.5 Å². The standard InChI is InChI=1S/C67H49N3S/c1-2-10-50(11-3-1)55-32-34-61-62-35-33-56(45-67(62)71-66(61)44-55)57-36-39-70-65(43-57)54-30-28-51(29-31-54)59-12-4-5-13-60(59)58-41-48(18-16-46-20-24-52(25-21-46)63-14-6-8-37-68-63)40-49(42-58)19-17-47-22-26-53(27-23-47)64-15-7-9-38-69-64/h1-15,20-45H,16-19H2. The number of hydrogen-bond acceptors (Lipinski definition) is 4. The minimum atomic E-state index is 0.943. The molecule has 0 saturated carbocycles. The first-order valence-electron chi connectivity index (χ1n) is 24.5. The zero-order valence-corrected chi connectivity index (χ0v) is 40.1. The summed E-state index contributed by atoms with van der Waals surface area (Å²) in [6.07, 6.45) is 9.44. The Morgan fingerprint density at radius 3 is 1.25 bits per heavy atom. The molecule has 3 nitrogen and oxygen atoms in total. The SMILES string of the molecule is c1ccc(-c2ccc3c(c2)sc2cc(-c4ccnc(-c5ccc(-c6ccccc6-c6cc(CCc7ccc(-c8ccccn8)cc7)cc(CCc7ccc(-c8ccccn8)cc7)c6)cc5)c4)ccc23)cc1. The van der Waals surface area contributed by atoms with Gasteiger partial charge < -0.3 is 0 Å². The van der Waals surface area contributed by atoms with Crippen LogP contribution in [-0.4, -0.2) is 15.0 Å². The van der Waals surface area contributed by atoms with E-state index in [1.165, 1.54) is 81.4 Å². The summed E-state index contributed by atoms with van der Waals surface area (Å²) in [6.45, 7) is 0. The summed E-state index contributed by atoms with van der Waals surface area (Å²) in [7, 11) is 0. The largest absolute Gasteiger partial charge is 0.256 e. The lowest BCUT2D eigenvalue weighted by Gasteiger charge is -2.15. The van der Waals surface area contributed by atoms with Gasteiger partial charge in [-0.2, -0.15) is 0 Å². The number of rotatable bonds is 13. The third-order valence-corrected chi connectivity index (χ3v) is 14.8. The third kappa shape index (κ3) is 9.59. The Hall–Kier alpha value is -8.57. The van der Waals surface area contributed by atoms with Gasteiger partial charge in [0.25, 0.3) is 0 Å². The molecule has 4 aromatic heterocycles. The average molecular weight is 928 g/mol. The molecule has 0 atom stereocenters. The van der Waals surface area contributed by atoms with Crippen molar-refractivity contribution in [2.24, 2.45) is 0 Å². The minimum Gasteiger partial charge on any atom is -0.256 e. The predicted molar refractivity (Wildman–Crippen MR) is 298 cm³/mol. The fourth-order valence-corrected chi connectivity index (χ4v) is 11.1. The third-order valence-electron chi connectivity index (χ3n) is 13.7. The Bertz CT molecular complexity index is 3670. The number of hydrogen-bond donors (Lipinski definition) is 0. The van der Waals surface area contributed by atoms with Gasteiger partial charge in [0.2, 0.25) is 0 Å². The van der Waals surface area contributed by atoms with Crippen molar-refractivity contribution in [1.29, 1.82) is 0 Å². The van der Waals surface area contributed by atoms with Gasteiger partial charge in [-0.1, -0.05) is 182 Å². The molecule has 0 amide bonds. The van der Waals surface area contributed by atoms with Crippen LogP contribution in [0.4, 0.5) is 0 Å². The molecule has 12 aromatic rings. The predicted octanol–water partition coefficient (Wildman–Crippen LogP) is 17.5. The first kappa shape index (κ1) is 43.7. The number of thiophene rings is 1. The second kappa shape index (κ2) is 19.8. The summed E-state index contributed by atoms with van der Waals surface area (Å²) in [5.41, 5.74) is 21.4. The van der Waals surface area contributed by atoms with Gasteiger partial charge in [0.05, 0.1) is 17.1 Å². The number of nitrogens with zero attached hydrogens (tertiary/aromatic N) is 3. The maximum Gasteiger partial charge on any atom is 0.0708 e. The lowest BCUT2D eigenvalue weighted by atomic mass is 9.90. The molecule has 12 rings (SSSR count). The van der Waals surface area contributed by atoms with E-state index in [1.54, 1.807) is 0 Å². The topological polar surface area (TPSA) is 38.7 Å². The quantitative estimate of drug-likeness (QED) is 0.116. The highest BCUT2D eigenvalue weighted by Gasteiger charge is 2.14. The summed E-state index contributed by atoms with van der Waals surface area (Å²) in [6, 6.07) is 83.6. The van der Waals surface area contributed by atoms with E-state index in [0.717, 1.165) is 65.0 Å². The molecule has 0 bridgehead atoms. The Labute approximate surface area is 419 Å². The molecule has 0 saturated heterocycles. The first-order valence-corrected chi connectivity index (χ1v) is 25.3. The number of benzene rings is 8. The molecule has 0 spiro atoms. The molecule has 71 heavy (non-hydrogen) atoms. The van der Waals surface area contributed by atoms with Gasteiger partial charge in [-0.15, -0.1) is 11.3 Å². The van der Waals surface area contributed by atoms with Gasteiger partial charge >= 0.3 is 0 Å². The summed E-state index contributed by atoms with van der Waals surface area (Å²) < 4.78 is 2.60. The Morgan fingerprint density at radius 1 is 0.254 bits per heavy atom. The van der Waals surface area contributed by atoms with E-state index in [1.807, 2.05) is 54.2 Å². The highest BCUT2D eigenvalue weighted by Crippen LogP contribution is 2.40. The fourth-order valence-electron chi connectivity index (χ4n) is 9.88.